The minimum Gasteiger partial charge on any atom is -0.352 e. The zero-order chi connectivity index (χ0) is 19.3. The highest BCUT2D eigenvalue weighted by Crippen LogP contribution is 2.21. The molecule has 1 unspecified atom stereocenters. The van der Waals surface area contributed by atoms with Crippen LogP contribution in [0.2, 0.25) is 0 Å². The molecule has 3 rings (SSSR count). The van der Waals surface area contributed by atoms with E-state index < -0.39 is 10.0 Å². The Morgan fingerprint density at radius 2 is 1.89 bits per heavy atom. The number of hydrogen-bond acceptors (Lipinski definition) is 4. The maximum atomic E-state index is 12.7. The SMILES string of the molecule is CC1CCCCN1CCCNC(=O)c1cccc(S(=O)(=O)N2CCCC2)c1. The molecule has 1 amide bonds. The van der Waals surface area contributed by atoms with Gasteiger partial charge in [0.05, 0.1) is 4.90 Å². The highest BCUT2D eigenvalue weighted by Gasteiger charge is 2.27. The van der Waals surface area contributed by atoms with Crippen LogP contribution in [0.1, 0.15) is 55.8 Å². The molecule has 1 atom stereocenters. The highest BCUT2D eigenvalue weighted by molar-refractivity contribution is 7.89. The van der Waals surface area contributed by atoms with Crippen LogP contribution in [0.5, 0.6) is 0 Å². The Morgan fingerprint density at radius 1 is 1.15 bits per heavy atom. The molecule has 27 heavy (non-hydrogen) atoms. The van der Waals surface area contributed by atoms with Crippen molar-refractivity contribution in [2.45, 2.75) is 56.4 Å². The first kappa shape index (κ1) is 20.3. The van der Waals surface area contributed by atoms with Crippen molar-refractivity contribution >= 4 is 15.9 Å². The van der Waals surface area contributed by atoms with Gasteiger partial charge >= 0.3 is 0 Å². The molecule has 1 aromatic carbocycles. The van der Waals surface area contributed by atoms with Gasteiger partial charge in [-0.1, -0.05) is 12.5 Å². The monoisotopic (exact) mass is 393 g/mol. The minimum atomic E-state index is -3.49. The molecule has 0 spiro atoms. The summed E-state index contributed by atoms with van der Waals surface area (Å²) in [5.41, 5.74) is 0.404. The molecule has 2 heterocycles. The Kier molecular flexibility index (Phi) is 6.89. The summed E-state index contributed by atoms with van der Waals surface area (Å²) < 4.78 is 26.8. The molecular weight excluding hydrogens is 362 g/mol. The van der Waals surface area contributed by atoms with E-state index in [2.05, 4.69) is 17.1 Å². The number of nitrogens with one attached hydrogen (secondary N) is 1. The van der Waals surface area contributed by atoms with E-state index in [1.165, 1.54) is 29.6 Å². The van der Waals surface area contributed by atoms with Gasteiger partial charge in [-0.15, -0.1) is 0 Å². The minimum absolute atomic E-state index is 0.208. The maximum Gasteiger partial charge on any atom is 0.251 e. The van der Waals surface area contributed by atoms with Crippen LogP contribution in [-0.2, 0) is 10.0 Å². The van der Waals surface area contributed by atoms with Crippen LogP contribution in [0.25, 0.3) is 0 Å². The third kappa shape index (κ3) is 5.09. The predicted molar refractivity (Wildman–Crippen MR) is 106 cm³/mol. The molecule has 6 nitrogen and oxygen atoms in total. The molecule has 2 fully saturated rings. The second-order valence-electron chi connectivity index (χ2n) is 7.63. The van der Waals surface area contributed by atoms with Gasteiger partial charge < -0.3 is 10.2 Å². The van der Waals surface area contributed by atoms with Crippen molar-refractivity contribution in [2.75, 3.05) is 32.7 Å². The lowest BCUT2D eigenvalue weighted by Crippen LogP contribution is -2.39. The zero-order valence-electron chi connectivity index (χ0n) is 16.2. The van der Waals surface area contributed by atoms with Crippen LogP contribution in [-0.4, -0.2) is 62.3 Å². The third-order valence-electron chi connectivity index (χ3n) is 5.65. The Hall–Kier alpha value is -1.44. The number of carbonyl (C=O) groups is 1. The smallest absolute Gasteiger partial charge is 0.251 e. The summed E-state index contributed by atoms with van der Waals surface area (Å²) in [5.74, 6) is -0.208. The maximum absolute atomic E-state index is 12.7. The van der Waals surface area contributed by atoms with Gasteiger partial charge in [-0.2, -0.15) is 4.31 Å². The molecule has 0 aromatic heterocycles. The fourth-order valence-electron chi connectivity index (χ4n) is 3.95. The molecule has 0 aliphatic carbocycles. The number of nitrogens with zero attached hydrogens (tertiary/aromatic N) is 2. The summed E-state index contributed by atoms with van der Waals surface area (Å²) in [7, 11) is -3.49. The summed E-state index contributed by atoms with van der Waals surface area (Å²) in [4.78, 5) is 15.1. The van der Waals surface area contributed by atoms with E-state index in [1.807, 2.05) is 0 Å². The van der Waals surface area contributed by atoms with E-state index in [1.54, 1.807) is 18.2 Å². The quantitative estimate of drug-likeness (QED) is 0.723. The number of piperidine rings is 1. The first-order valence-corrected chi connectivity index (χ1v) is 11.5. The van der Waals surface area contributed by atoms with Gasteiger partial charge in [0, 0.05) is 37.8 Å². The first-order valence-electron chi connectivity index (χ1n) is 10.1. The Bertz CT molecular complexity index is 745. The van der Waals surface area contributed by atoms with Gasteiger partial charge in [-0.05, 0) is 63.8 Å². The van der Waals surface area contributed by atoms with Crippen molar-refractivity contribution in [1.29, 1.82) is 0 Å². The molecular formula is C20H31N3O3S. The standard InChI is InChI=1S/C20H31N3O3S/c1-17-8-2-3-12-22(17)13-7-11-21-20(24)18-9-6-10-19(16-18)27(25,26)23-14-4-5-15-23/h6,9-10,16-17H,2-5,7-8,11-15H2,1H3,(H,21,24). The number of rotatable bonds is 7. The molecule has 7 heteroatoms. The van der Waals surface area contributed by atoms with Crippen molar-refractivity contribution in [2.24, 2.45) is 0 Å². The molecule has 2 saturated heterocycles. The first-order chi connectivity index (χ1) is 13.0. The number of carbonyl (C=O) groups excluding carboxylic acids is 1. The number of benzene rings is 1. The predicted octanol–water partition coefficient (Wildman–Crippen LogP) is 2.47. The normalized spacial score (nSPS) is 22.0. The van der Waals surface area contributed by atoms with Crippen LogP contribution in [0, 0.1) is 0 Å². The summed E-state index contributed by atoms with van der Waals surface area (Å²) in [6.07, 6.45) is 6.52. The van der Waals surface area contributed by atoms with E-state index in [-0.39, 0.29) is 10.8 Å². The molecule has 1 aromatic rings. The Morgan fingerprint density at radius 3 is 2.63 bits per heavy atom. The largest absolute Gasteiger partial charge is 0.352 e. The number of likely N-dealkylation sites (tertiary alicyclic amines) is 1. The van der Waals surface area contributed by atoms with Gasteiger partial charge in [-0.25, -0.2) is 8.42 Å². The lowest BCUT2D eigenvalue weighted by atomic mass is 10.0. The second-order valence-corrected chi connectivity index (χ2v) is 9.57. The van der Waals surface area contributed by atoms with Gasteiger partial charge in [-0.3, -0.25) is 4.79 Å². The highest BCUT2D eigenvalue weighted by atomic mass is 32.2. The molecule has 1 N–H and O–H groups in total. The lowest BCUT2D eigenvalue weighted by molar-refractivity contribution is 0.0948. The molecule has 2 aliphatic rings. The van der Waals surface area contributed by atoms with E-state index in [4.69, 9.17) is 0 Å². The average molecular weight is 394 g/mol. The van der Waals surface area contributed by atoms with Crippen molar-refractivity contribution in [1.82, 2.24) is 14.5 Å². The van der Waals surface area contributed by atoms with Crippen LogP contribution in [0.4, 0.5) is 0 Å². The third-order valence-corrected chi connectivity index (χ3v) is 7.54. The fraction of sp³-hybridized carbons (Fsp3) is 0.650. The van der Waals surface area contributed by atoms with Gasteiger partial charge in [0.15, 0.2) is 0 Å². The topological polar surface area (TPSA) is 69.7 Å². The summed E-state index contributed by atoms with van der Waals surface area (Å²) >= 11 is 0. The molecule has 0 saturated carbocycles. The van der Waals surface area contributed by atoms with E-state index in [0.717, 1.165) is 32.4 Å². The van der Waals surface area contributed by atoms with Gasteiger partial charge in [0.1, 0.15) is 0 Å². The van der Waals surface area contributed by atoms with Crippen molar-refractivity contribution < 1.29 is 13.2 Å². The van der Waals surface area contributed by atoms with Crippen molar-refractivity contribution in [3.63, 3.8) is 0 Å². The van der Waals surface area contributed by atoms with Crippen LogP contribution >= 0.6 is 0 Å². The zero-order valence-corrected chi connectivity index (χ0v) is 17.0. The van der Waals surface area contributed by atoms with Crippen LogP contribution < -0.4 is 5.32 Å². The molecule has 150 valence electrons. The fourth-order valence-corrected chi connectivity index (χ4v) is 5.51. The van der Waals surface area contributed by atoms with Gasteiger partial charge in [0.25, 0.3) is 5.91 Å². The molecule has 0 radical (unpaired) electrons. The van der Waals surface area contributed by atoms with Crippen molar-refractivity contribution in [3.05, 3.63) is 29.8 Å². The summed E-state index contributed by atoms with van der Waals surface area (Å²) in [5, 5.41) is 2.93. The Labute approximate surface area is 163 Å². The summed E-state index contributed by atoms with van der Waals surface area (Å²) in [6.45, 7) is 6.13. The van der Waals surface area contributed by atoms with Crippen LogP contribution in [0.3, 0.4) is 0 Å². The average Bonchev–Trinajstić information content (AvgIpc) is 3.22. The van der Waals surface area contributed by atoms with E-state index >= 15 is 0 Å². The lowest BCUT2D eigenvalue weighted by Gasteiger charge is -2.33. The second kappa shape index (κ2) is 9.17. The number of hydrogen-bond donors (Lipinski definition) is 1. The Balaban J connectivity index is 1.52. The van der Waals surface area contributed by atoms with E-state index in [9.17, 15) is 13.2 Å². The van der Waals surface area contributed by atoms with Crippen LogP contribution in [0.15, 0.2) is 29.2 Å². The number of amides is 1. The molecule has 2 aliphatic heterocycles. The summed E-state index contributed by atoms with van der Waals surface area (Å²) in [6, 6.07) is 7.01. The van der Waals surface area contributed by atoms with Gasteiger partial charge in [0.2, 0.25) is 10.0 Å². The van der Waals surface area contributed by atoms with Crippen molar-refractivity contribution in [3.8, 4) is 0 Å². The van der Waals surface area contributed by atoms with E-state index in [0.29, 0.717) is 31.2 Å². The molecule has 0 bridgehead atoms. The number of sulfonamides is 1.